The number of nitrogens with zero attached hydrogens (tertiary/aromatic N) is 1. The largest absolute Gasteiger partial charge is 0.427 e. The number of benzene rings is 1. The van der Waals surface area contributed by atoms with E-state index in [2.05, 4.69) is 4.98 Å². The molecule has 2 rings (SSSR count). The minimum Gasteiger partial charge on any atom is -0.427 e. The molecule has 0 aliphatic rings. The van der Waals surface area contributed by atoms with Crippen molar-refractivity contribution in [2.75, 3.05) is 0 Å². The Labute approximate surface area is 100 Å². The Morgan fingerprint density at radius 2 is 1.94 bits per heavy atom. The number of carbonyl (C=O) groups excluding carboxylic acids is 1. The number of hydrogen-bond acceptors (Lipinski definition) is 3. The maximum Gasteiger partial charge on any atom is 0.310 e. The Balaban J connectivity index is 2.16. The Bertz CT molecular complexity index is 491. The maximum atomic E-state index is 11.1. The fourth-order valence-corrected chi connectivity index (χ4v) is 1.43. The molecule has 0 atom stereocenters. The first-order valence-corrected chi connectivity index (χ1v) is 5.51. The third kappa shape index (κ3) is 2.91. The molecule has 3 nitrogen and oxygen atoms in total. The summed E-state index contributed by atoms with van der Waals surface area (Å²) >= 11 is 0. The molecule has 1 aromatic carbocycles. The monoisotopic (exact) mass is 227 g/mol. The summed E-state index contributed by atoms with van der Waals surface area (Å²) in [5.41, 5.74) is 1.91. The van der Waals surface area contributed by atoms with E-state index < -0.39 is 0 Å². The van der Waals surface area contributed by atoms with Crippen molar-refractivity contribution >= 4 is 5.97 Å². The van der Waals surface area contributed by atoms with Gasteiger partial charge < -0.3 is 4.74 Å². The zero-order valence-electron chi connectivity index (χ0n) is 9.59. The maximum absolute atomic E-state index is 11.1. The van der Waals surface area contributed by atoms with Gasteiger partial charge in [0.25, 0.3) is 0 Å². The quantitative estimate of drug-likeness (QED) is 0.597. The molecule has 0 fully saturated rings. The van der Waals surface area contributed by atoms with Crippen LogP contribution in [0.4, 0.5) is 0 Å². The van der Waals surface area contributed by atoms with Crippen LogP contribution in [-0.2, 0) is 4.79 Å². The van der Waals surface area contributed by atoms with Gasteiger partial charge in [0.15, 0.2) is 0 Å². The van der Waals surface area contributed by atoms with Gasteiger partial charge in [-0.3, -0.25) is 9.78 Å². The molecule has 1 aromatic heterocycles. The molecule has 0 bridgehead atoms. The van der Waals surface area contributed by atoms with Crippen molar-refractivity contribution in [2.45, 2.75) is 13.3 Å². The number of esters is 1. The number of hydrogen-bond donors (Lipinski definition) is 0. The number of aromatic nitrogens is 1. The molecule has 0 spiro atoms. The summed E-state index contributed by atoms with van der Waals surface area (Å²) in [7, 11) is 0. The summed E-state index contributed by atoms with van der Waals surface area (Å²) in [5.74, 6) is 0.340. The average molecular weight is 227 g/mol. The predicted octanol–water partition coefficient (Wildman–Crippen LogP) is 3.06. The highest BCUT2D eigenvalue weighted by atomic mass is 16.5. The molecule has 0 saturated carbocycles. The van der Waals surface area contributed by atoms with Crippen LogP contribution in [0.5, 0.6) is 5.75 Å². The molecule has 0 radical (unpaired) electrons. The molecule has 2 aromatic rings. The summed E-state index contributed by atoms with van der Waals surface area (Å²) in [4.78, 5) is 15.3. The van der Waals surface area contributed by atoms with Crippen LogP contribution < -0.4 is 4.74 Å². The van der Waals surface area contributed by atoms with Crippen molar-refractivity contribution in [2.24, 2.45) is 0 Å². The number of pyridine rings is 1. The standard InChI is InChI=1S/C14H13NO2/c1-2-14(16)17-12-8-6-11(7-9-12)13-5-3-4-10-15-13/h3-10H,2H2,1H3. The Hall–Kier alpha value is -2.16. The van der Waals surface area contributed by atoms with Crippen molar-refractivity contribution in [3.8, 4) is 17.0 Å². The summed E-state index contributed by atoms with van der Waals surface area (Å²) in [6.45, 7) is 1.77. The second-order valence-corrected chi connectivity index (χ2v) is 3.57. The van der Waals surface area contributed by atoms with Crippen LogP contribution in [0.25, 0.3) is 11.3 Å². The molecule has 0 saturated heterocycles. The van der Waals surface area contributed by atoms with Gasteiger partial charge in [-0.2, -0.15) is 0 Å². The van der Waals surface area contributed by atoms with E-state index in [1.54, 1.807) is 25.3 Å². The number of rotatable bonds is 3. The summed E-state index contributed by atoms with van der Waals surface area (Å²) < 4.78 is 5.10. The van der Waals surface area contributed by atoms with E-state index in [0.29, 0.717) is 12.2 Å². The van der Waals surface area contributed by atoms with Crippen LogP contribution in [0.2, 0.25) is 0 Å². The highest BCUT2D eigenvalue weighted by Crippen LogP contribution is 2.20. The molecule has 1 heterocycles. The second kappa shape index (κ2) is 5.25. The molecule has 0 amide bonds. The van der Waals surface area contributed by atoms with Crippen LogP contribution in [0.3, 0.4) is 0 Å². The first-order chi connectivity index (χ1) is 8.29. The van der Waals surface area contributed by atoms with E-state index in [0.717, 1.165) is 11.3 Å². The highest BCUT2D eigenvalue weighted by Gasteiger charge is 2.02. The van der Waals surface area contributed by atoms with Crippen LogP contribution in [0.15, 0.2) is 48.7 Å². The van der Waals surface area contributed by atoms with E-state index in [9.17, 15) is 4.79 Å². The fraction of sp³-hybridized carbons (Fsp3) is 0.143. The summed E-state index contributed by atoms with van der Waals surface area (Å²) in [6.07, 6.45) is 2.13. The van der Waals surface area contributed by atoms with Crippen LogP contribution in [-0.4, -0.2) is 11.0 Å². The lowest BCUT2D eigenvalue weighted by Gasteiger charge is -2.04. The van der Waals surface area contributed by atoms with Gasteiger partial charge in [-0.05, 0) is 36.4 Å². The van der Waals surface area contributed by atoms with Crippen LogP contribution in [0, 0.1) is 0 Å². The minimum absolute atomic E-state index is 0.226. The molecular weight excluding hydrogens is 214 g/mol. The lowest BCUT2D eigenvalue weighted by atomic mass is 10.1. The van der Waals surface area contributed by atoms with Crippen LogP contribution >= 0.6 is 0 Å². The topological polar surface area (TPSA) is 39.2 Å². The first kappa shape index (κ1) is 11.3. The average Bonchev–Trinajstić information content (AvgIpc) is 2.40. The van der Waals surface area contributed by atoms with Gasteiger partial charge in [-0.25, -0.2) is 0 Å². The SMILES string of the molecule is CCC(=O)Oc1ccc(-c2ccccn2)cc1. The van der Waals surface area contributed by atoms with Gasteiger partial charge in [0.1, 0.15) is 5.75 Å². The molecule has 0 aliphatic heterocycles. The van der Waals surface area contributed by atoms with Gasteiger partial charge in [-0.1, -0.05) is 13.0 Å². The molecule has 86 valence electrons. The molecule has 0 N–H and O–H groups in total. The minimum atomic E-state index is -0.226. The Kier molecular flexibility index (Phi) is 3.50. The van der Waals surface area contributed by atoms with Gasteiger partial charge in [0.2, 0.25) is 0 Å². The van der Waals surface area contributed by atoms with E-state index in [1.165, 1.54) is 0 Å². The van der Waals surface area contributed by atoms with E-state index >= 15 is 0 Å². The molecule has 3 heteroatoms. The van der Waals surface area contributed by atoms with Crippen molar-refractivity contribution in [1.29, 1.82) is 0 Å². The molecular formula is C14H13NO2. The van der Waals surface area contributed by atoms with Crippen molar-refractivity contribution in [1.82, 2.24) is 4.98 Å². The van der Waals surface area contributed by atoms with Gasteiger partial charge in [0, 0.05) is 18.2 Å². The summed E-state index contributed by atoms with van der Waals surface area (Å²) in [5, 5.41) is 0. The van der Waals surface area contributed by atoms with Crippen molar-refractivity contribution < 1.29 is 9.53 Å². The van der Waals surface area contributed by atoms with Crippen LogP contribution in [0.1, 0.15) is 13.3 Å². The first-order valence-electron chi connectivity index (χ1n) is 5.51. The zero-order chi connectivity index (χ0) is 12.1. The van der Waals surface area contributed by atoms with E-state index in [1.807, 2.05) is 30.3 Å². The summed E-state index contributed by atoms with van der Waals surface area (Å²) in [6, 6.07) is 13.1. The van der Waals surface area contributed by atoms with E-state index in [-0.39, 0.29) is 5.97 Å². The van der Waals surface area contributed by atoms with Gasteiger partial charge >= 0.3 is 5.97 Å². The van der Waals surface area contributed by atoms with Crippen molar-refractivity contribution in [3.05, 3.63) is 48.7 Å². The molecule has 0 aliphatic carbocycles. The lowest BCUT2D eigenvalue weighted by molar-refractivity contribution is -0.134. The predicted molar refractivity (Wildman–Crippen MR) is 65.6 cm³/mol. The third-order valence-electron chi connectivity index (χ3n) is 2.34. The van der Waals surface area contributed by atoms with Crippen molar-refractivity contribution in [3.63, 3.8) is 0 Å². The Morgan fingerprint density at radius 1 is 1.18 bits per heavy atom. The van der Waals surface area contributed by atoms with Gasteiger partial charge in [0.05, 0.1) is 5.69 Å². The third-order valence-corrected chi connectivity index (χ3v) is 2.34. The second-order valence-electron chi connectivity index (χ2n) is 3.57. The molecule has 0 unspecified atom stereocenters. The Morgan fingerprint density at radius 3 is 2.53 bits per heavy atom. The van der Waals surface area contributed by atoms with E-state index in [4.69, 9.17) is 4.74 Å². The number of ether oxygens (including phenoxy) is 1. The molecule has 17 heavy (non-hydrogen) atoms. The number of carbonyl (C=O) groups is 1. The fourth-order valence-electron chi connectivity index (χ4n) is 1.43. The smallest absolute Gasteiger partial charge is 0.310 e. The lowest BCUT2D eigenvalue weighted by Crippen LogP contribution is -2.05. The van der Waals surface area contributed by atoms with Gasteiger partial charge in [-0.15, -0.1) is 0 Å². The zero-order valence-corrected chi connectivity index (χ0v) is 9.59. The highest BCUT2D eigenvalue weighted by molar-refractivity contribution is 5.72. The normalized spacial score (nSPS) is 9.94.